The number of rotatable bonds is 6. The van der Waals surface area contributed by atoms with Gasteiger partial charge < -0.3 is 15.4 Å². The van der Waals surface area contributed by atoms with E-state index < -0.39 is 0 Å². The predicted octanol–water partition coefficient (Wildman–Crippen LogP) is 2.81. The fourth-order valence-corrected chi connectivity index (χ4v) is 2.91. The Balaban J connectivity index is 1.83. The van der Waals surface area contributed by atoms with Gasteiger partial charge in [0.25, 0.3) is 0 Å². The number of pyridine rings is 1. The van der Waals surface area contributed by atoms with Crippen LogP contribution in [0.4, 0.5) is 4.79 Å². The molecule has 2 aromatic rings. The molecule has 0 atom stereocenters. The highest BCUT2D eigenvalue weighted by Crippen LogP contribution is 2.20. The zero-order valence-electron chi connectivity index (χ0n) is 13.1. The molecule has 2 N–H and O–H groups in total. The summed E-state index contributed by atoms with van der Waals surface area (Å²) in [6.07, 6.45) is 0.847. The van der Waals surface area contributed by atoms with E-state index in [9.17, 15) is 4.79 Å². The van der Waals surface area contributed by atoms with E-state index >= 15 is 0 Å². The predicted molar refractivity (Wildman–Crippen MR) is 88.5 cm³/mol. The SMILES string of the molecule is COc1nc(C)cc(C)c1CNC(=O)NCCc1cccs1. The van der Waals surface area contributed by atoms with E-state index in [1.54, 1.807) is 18.4 Å². The first-order chi connectivity index (χ1) is 10.6. The van der Waals surface area contributed by atoms with E-state index in [2.05, 4.69) is 21.7 Å². The second kappa shape index (κ2) is 7.79. The maximum Gasteiger partial charge on any atom is 0.315 e. The third-order valence-electron chi connectivity index (χ3n) is 3.29. The van der Waals surface area contributed by atoms with E-state index in [1.165, 1.54) is 4.88 Å². The smallest absolute Gasteiger partial charge is 0.315 e. The van der Waals surface area contributed by atoms with Crippen LogP contribution in [0.15, 0.2) is 23.6 Å². The highest BCUT2D eigenvalue weighted by molar-refractivity contribution is 7.09. The number of methoxy groups -OCH3 is 1. The van der Waals surface area contributed by atoms with Crippen LogP contribution in [-0.2, 0) is 13.0 Å². The number of carbonyl (C=O) groups excluding carboxylic acids is 1. The lowest BCUT2D eigenvalue weighted by atomic mass is 10.1. The number of aryl methyl sites for hydroxylation is 2. The van der Waals surface area contributed by atoms with Gasteiger partial charge in [-0.15, -0.1) is 11.3 Å². The molecule has 0 spiro atoms. The zero-order valence-corrected chi connectivity index (χ0v) is 13.9. The molecule has 2 aromatic heterocycles. The fraction of sp³-hybridized carbons (Fsp3) is 0.375. The maximum absolute atomic E-state index is 11.8. The molecule has 0 fully saturated rings. The summed E-state index contributed by atoms with van der Waals surface area (Å²) in [5.41, 5.74) is 2.86. The summed E-state index contributed by atoms with van der Waals surface area (Å²) in [5.74, 6) is 0.566. The quantitative estimate of drug-likeness (QED) is 0.860. The van der Waals surface area contributed by atoms with Crippen molar-refractivity contribution in [1.29, 1.82) is 0 Å². The summed E-state index contributed by atoms with van der Waals surface area (Å²) in [6.45, 7) is 4.93. The average molecular weight is 319 g/mol. The number of hydrogen-bond acceptors (Lipinski definition) is 4. The molecular formula is C16H21N3O2S. The Morgan fingerprint density at radius 3 is 2.86 bits per heavy atom. The summed E-state index contributed by atoms with van der Waals surface area (Å²) in [7, 11) is 1.59. The topological polar surface area (TPSA) is 63.2 Å². The Morgan fingerprint density at radius 2 is 2.18 bits per heavy atom. The van der Waals surface area contributed by atoms with E-state index in [0.29, 0.717) is 19.0 Å². The number of urea groups is 1. The molecule has 6 heteroatoms. The molecule has 2 heterocycles. The average Bonchev–Trinajstić information content (AvgIpc) is 2.98. The molecule has 0 unspecified atom stereocenters. The molecule has 2 amide bonds. The number of nitrogens with zero attached hydrogens (tertiary/aromatic N) is 1. The van der Waals surface area contributed by atoms with Gasteiger partial charge in [0, 0.05) is 22.7 Å². The standard InChI is InChI=1S/C16H21N3O2S/c1-11-9-12(2)19-15(21-3)14(11)10-18-16(20)17-7-6-13-5-4-8-22-13/h4-5,8-9H,6-7,10H2,1-3H3,(H2,17,18,20). The Morgan fingerprint density at radius 1 is 1.36 bits per heavy atom. The molecule has 0 aliphatic heterocycles. The fourth-order valence-electron chi connectivity index (χ4n) is 2.20. The summed E-state index contributed by atoms with van der Waals surface area (Å²) < 4.78 is 5.29. The first kappa shape index (κ1) is 16.3. The molecule has 0 saturated heterocycles. The number of amides is 2. The lowest BCUT2D eigenvalue weighted by Crippen LogP contribution is -2.36. The van der Waals surface area contributed by atoms with Crippen LogP contribution >= 0.6 is 11.3 Å². The molecule has 0 saturated carbocycles. The molecule has 0 bridgehead atoms. The van der Waals surface area contributed by atoms with Crippen molar-refractivity contribution in [2.24, 2.45) is 0 Å². The van der Waals surface area contributed by atoms with Crippen molar-refractivity contribution in [1.82, 2.24) is 15.6 Å². The minimum absolute atomic E-state index is 0.182. The van der Waals surface area contributed by atoms with Crippen LogP contribution in [0.25, 0.3) is 0 Å². The van der Waals surface area contributed by atoms with Crippen molar-refractivity contribution in [3.8, 4) is 5.88 Å². The van der Waals surface area contributed by atoms with Crippen molar-refractivity contribution in [3.63, 3.8) is 0 Å². The molecule has 22 heavy (non-hydrogen) atoms. The van der Waals surface area contributed by atoms with Crippen LogP contribution < -0.4 is 15.4 Å². The second-order valence-corrected chi connectivity index (χ2v) is 6.04. The second-order valence-electron chi connectivity index (χ2n) is 5.01. The monoisotopic (exact) mass is 319 g/mol. The summed E-state index contributed by atoms with van der Waals surface area (Å²) in [5, 5.41) is 7.74. The van der Waals surface area contributed by atoms with Crippen molar-refractivity contribution in [2.75, 3.05) is 13.7 Å². The van der Waals surface area contributed by atoms with Gasteiger partial charge >= 0.3 is 6.03 Å². The molecule has 0 radical (unpaired) electrons. The number of thiophene rings is 1. The summed E-state index contributed by atoms with van der Waals surface area (Å²) in [6, 6.07) is 5.88. The molecule has 118 valence electrons. The van der Waals surface area contributed by atoms with Crippen LogP contribution in [0.2, 0.25) is 0 Å². The molecule has 2 rings (SSSR count). The van der Waals surface area contributed by atoms with Crippen molar-refractivity contribution < 1.29 is 9.53 Å². The van der Waals surface area contributed by atoms with Gasteiger partial charge in [0.2, 0.25) is 5.88 Å². The van der Waals surface area contributed by atoms with Gasteiger partial charge in [-0.3, -0.25) is 0 Å². The minimum atomic E-state index is -0.182. The van der Waals surface area contributed by atoms with Crippen LogP contribution in [0.1, 0.15) is 21.7 Å². The van der Waals surface area contributed by atoms with Gasteiger partial charge in [0.1, 0.15) is 0 Å². The molecule has 0 aliphatic carbocycles. The van der Waals surface area contributed by atoms with Crippen LogP contribution in [0.5, 0.6) is 5.88 Å². The van der Waals surface area contributed by atoms with Crippen molar-refractivity contribution >= 4 is 17.4 Å². The van der Waals surface area contributed by atoms with E-state index in [1.807, 2.05) is 31.4 Å². The van der Waals surface area contributed by atoms with Crippen molar-refractivity contribution in [2.45, 2.75) is 26.8 Å². The van der Waals surface area contributed by atoms with Gasteiger partial charge in [-0.25, -0.2) is 9.78 Å². The first-order valence-electron chi connectivity index (χ1n) is 7.15. The third-order valence-corrected chi connectivity index (χ3v) is 4.23. The number of ether oxygens (including phenoxy) is 1. The summed E-state index contributed by atoms with van der Waals surface area (Å²) >= 11 is 1.70. The minimum Gasteiger partial charge on any atom is -0.481 e. The number of carbonyl (C=O) groups is 1. The Bertz CT molecular complexity index is 627. The zero-order chi connectivity index (χ0) is 15.9. The molecule has 5 nitrogen and oxygen atoms in total. The normalized spacial score (nSPS) is 10.3. The largest absolute Gasteiger partial charge is 0.481 e. The highest BCUT2D eigenvalue weighted by Gasteiger charge is 2.10. The molecule has 0 aromatic carbocycles. The van der Waals surface area contributed by atoms with Gasteiger partial charge in [-0.05, 0) is 43.3 Å². The molecule has 0 aliphatic rings. The Labute approximate surface area is 134 Å². The van der Waals surface area contributed by atoms with E-state index in [-0.39, 0.29) is 6.03 Å². The van der Waals surface area contributed by atoms with Gasteiger partial charge in [-0.1, -0.05) is 6.07 Å². The Hall–Kier alpha value is -2.08. The van der Waals surface area contributed by atoms with Crippen molar-refractivity contribution in [3.05, 3.63) is 45.3 Å². The van der Waals surface area contributed by atoms with Crippen LogP contribution in [0.3, 0.4) is 0 Å². The number of nitrogens with one attached hydrogen (secondary N) is 2. The third kappa shape index (κ3) is 4.46. The number of hydrogen-bond donors (Lipinski definition) is 2. The van der Waals surface area contributed by atoms with Gasteiger partial charge in [0.15, 0.2) is 0 Å². The van der Waals surface area contributed by atoms with Gasteiger partial charge in [0.05, 0.1) is 13.7 Å². The van der Waals surface area contributed by atoms with Crippen LogP contribution in [0, 0.1) is 13.8 Å². The lowest BCUT2D eigenvalue weighted by molar-refractivity contribution is 0.240. The first-order valence-corrected chi connectivity index (χ1v) is 8.03. The molecular weight excluding hydrogens is 298 g/mol. The van der Waals surface area contributed by atoms with E-state index in [0.717, 1.165) is 23.2 Å². The number of aromatic nitrogens is 1. The van der Waals surface area contributed by atoms with E-state index in [4.69, 9.17) is 4.74 Å². The van der Waals surface area contributed by atoms with Crippen LogP contribution in [-0.4, -0.2) is 24.7 Å². The lowest BCUT2D eigenvalue weighted by Gasteiger charge is -2.13. The highest BCUT2D eigenvalue weighted by atomic mass is 32.1. The maximum atomic E-state index is 11.8. The van der Waals surface area contributed by atoms with Gasteiger partial charge in [-0.2, -0.15) is 0 Å². The summed E-state index contributed by atoms with van der Waals surface area (Å²) in [4.78, 5) is 17.4. The Kier molecular flexibility index (Phi) is 5.77.